The summed E-state index contributed by atoms with van der Waals surface area (Å²) >= 11 is 0. The van der Waals surface area contributed by atoms with Crippen molar-refractivity contribution in [2.45, 2.75) is 96.7 Å². The highest BCUT2D eigenvalue weighted by Crippen LogP contribution is 2.20. The van der Waals surface area contributed by atoms with E-state index in [1.54, 1.807) is 0 Å². The van der Waals surface area contributed by atoms with Gasteiger partial charge in [0.2, 0.25) is 0 Å². The lowest BCUT2D eigenvalue weighted by Gasteiger charge is -2.21. The summed E-state index contributed by atoms with van der Waals surface area (Å²) in [6.45, 7) is 4.36. The molecule has 0 radical (unpaired) electrons. The van der Waals surface area contributed by atoms with E-state index < -0.39 is 5.79 Å². The molecule has 0 saturated carbocycles. The first-order valence-electron chi connectivity index (χ1n) is 7.57. The highest BCUT2D eigenvalue weighted by molar-refractivity contribution is 4.64. The van der Waals surface area contributed by atoms with Crippen molar-refractivity contribution in [3.8, 4) is 0 Å². The summed E-state index contributed by atoms with van der Waals surface area (Å²) in [6, 6.07) is 0. The van der Waals surface area contributed by atoms with Crippen LogP contribution in [0.4, 0.5) is 0 Å². The van der Waals surface area contributed by atoms with Gasteiger partial charge in [0.1, 0.15) is 0 Å². The summed E-state index contributed by atoms with van der Waals surface area (Å²) in [4.78, 5) is 0. The van der Waals surface area contributed by atoms with E-state index in [2.05, 4.69) is 13.8 Å². The van der Waals surface area contributed by atoms with Crippen molar-refractivity contribution in [1.29, 1.82) is 0 Å². The smallest absolute Gasteiger partial charge is 0.162 e. The van der Waals surface area contributed by atoms with E-state index in [1.807, 2.05) is 0 Å². The number of rotatable bonds is 12. The lowest BCUT2D eigenvalue weighted by Crippen LogP contribution is -2.27. The minimum absolute atomic E-state index is 0.538. The maximum Gasteiger partial charge on any atom is 0.162 e. The van der Waals surface area contributed by atoms with Crippen LogP contribution in [0.3, 0.4) is 0 Å². The van der Waals surface area contributed by atoms with Crippen molar-refractivity contribution in [1.82, 2.24) is 0 Å². The van der Waals surface area contributed by atoms with Crippen LogP contribution >= 0.6 is 0 Å². The molecule has 0 fully saturated rings. The van der Waals surface area contributed by atoms with Crippen LogP contribution in [0.2, 0.25) is 0 Å². The first-order valence-corrected chi connectivity index (χ1v) is 7.57. The molecule has 2 nitrogen and oxygen atoms in total. The molecular weight excluding hydrogens is 212 g/mol. The van der Waals surface area contributed by atoms with E-state index in [9.17, 15) is 10.2 Å². The van der Waals surface area contributed by atoms with Crippen molar-refractivity contribution < 1.29 is 10.2 Å². The van der Waals surface area contributed by atoms with E-state index in [1.165, 1.54) is 32.1 Å². The summed E-state index contributed by atoms with van der Waals surface area (Å²) in [6.07, 6.45) is 12.8. The van der Waals surface area contributed by atoms with E-state index in [0.29, 0.717) is 12.8 Å². The van der Waals surface area contributed by atoms with Crippen LogP contribution in [0.15, 0.2) is 0 Å². The summed E-state index contributed by atoms with van der Waals surface area (Å²) < 4.78 is 0. The second-order valence-electron chi connectivity index (χ2n) is 5.31. The van der Waals surface area contributed by atoms with Gasteiger partial charge >= 0.3 is 0 Å². The van der Waals surface area contributed by atoms with Crippen molar-refractivity contribution in [3.63, 3.8) is 0 Å². The van der Waals surface area contributed by atoms with Crippen molar-refractivity contribution in [3.05, 3.63) is 0 Å². The molecule has 0 aromatic carbocycles. The molecule has 0 bridgehead atoms. The Hall–Kier alpha value is -0.0800. The van der Waals surface area contributed by atoms with Gasteiger partial charge in [0.15, 0.2) is 5.79 Å². The molecule has 104 valence electrons. The Morgan fingerprint density at radius 3 is 1.47 bits per heavy atom. The van der Waals surface area contributed by atoms with Crippen LogP contribution in [-0.2, 0) is 0 Å². The Morgan fingerprint density at radius 2 is 0.941 bits per heavy atom. The molecule has 0 rings (SSSR count). The molecule has 0 aliphatic heterocycles. The molecule has 2 N–H and O–H groups in total. The van der Waals surface area contributed by atoms with Crippen LogP contribution in [0.1, 0.15) is 90.9 Å². The summed E-state index contributed by atoms with van der Waals surface area (Å²) in [5.41, 5.74) is 0. The first-order chi connectivity index (χ1) is 8.12. The van der Waals surface area contributed by atoms with Crippen LogP contribution in [0.5, 0.6) is 0 Å². The van der Waals surface area contributed by atoms with Gasteiger partial charge in [-0.3, -0.25) is 0 Å². The van der Waals surface area contributed by atoms with E-state index in [0.717, 1.165) is 32.1 Å². The topological polar surface area (TPSA) is 40.5 Å². The van der Waals surface area contributed by atoms with Gasteiger partial charge in [-0.15, -0.1) is 0 Å². The fourth-order valence-electron chi connectivity index (χ4n) is 2.15. The Bertz CT molecular complexity index is 155. The summed E-state index contributed by atoms with van der Waals surface area (Å²) in [7, 11) is 0. The quantitative estimate of drug-likeness (QED) is 0.395. The van der Waals surface area contributed by atoms with Gasteiger partial charge in [-0.25, -0.2) is 0 Å². The van der Waals surface area contributed by atoms with E-state index in [4.69, 9.17) is 0 Å². The third kappa shape index (κ3) is 12.2. The molecule has 0 heterocycles. The van der Waals surface area contributed by atoms with Gasteiger partial charge in [0.05, 0.1) is 0 Å². The minimum atomic E-state index is -1.40. The second-order valence-corrected chi connectivity index (χ2v) is 5.31. The molecule has 17 heavy (non-hydrogen) atoms. The lowest BCUT2D eigenvalue weighted by molar-refractivity contribution is -0.172. The molecule has 0 amide bonds. The molecule has 0 aliphatic carbocycles. The van der Waals surface area contributed by atoms with Crippen molar-refractivity contribution in [2.75, 3.05) is 0 Å². The number of hydrogen-bond donors (Lipinski definition) is 2. The average Bonchev–Trinajstić information content (AvgIpc) is 2.28. The van der Waals surface area contributed by atoms with Gasteiger partial charge in [-0.2, -0.15) is 0 Å². The minimum Gasteiger partial charge on any atom is -0.366 e. The van der Waals surface area contributed by atoms with E-state index >= 15 is 0 Å². The number of aliphatic hydroxyl groups is 2. The number of unbranched alkanes of at least 4 members (excludes halogenated alkanes) is 8. The van der Waals surface area contributed by atoms with Crippen molar-refractivity contribution in [2.24, 2.45) is 0 Å². The molecular formula is C15H32O2. The van der Waals surface area contributed by atoms with Crippen LogP contribution in [0.25, 0.3) is 0 Å². The zero-order valence-electron chi connectivity index (χ0n) is 11.9. The Labute approximate surface area is 107 Å². The standard InChI is InChI=1S/C15H32O2/c1-3-5-7-8-9-10-12-14-15(16,17)13-11-6-4-2/h16-17H,3-14H2,1-2H3. The van der Waals surface area contributed by atoms with Gasteiger partial charge in [0, 0.05) is 12.8 Å². The monoisotopic (exact) mass is 244 g/mol. The molecule has 0 atom stereocenters. The van der Waals surface area contributed by atoms with Gasteiger partial charge < -0.3 is 10.2 Å². The first kappa shape index (κ1) is 16.9. The van der Waals surface area contributed by atoms with Crippen LogP contribution in [0, 0.1) is 0 Å². The fourth-order valence-corrected chi connectivity index (χ4v) is 2.15. The maximum absolute atomic E-state index is 9.74. The molecule has 0 aromatic heterocycles. The second kappa shape index (κ2) is 11.0. The Balaban J connectivity index is 3.32. The summed E-state index contributed by atoms with van der Waals surface area (Å²) in [5, 5.41) is 19.5. The third-order valence-electron chi connectivity index (χ3n) is 3.36. The fraction of sp³-hybridized carbons (Fsp3) is 1.00. The Kier molecular flexibility index (Phi) is 11.0. The molecule has 2 heteroatoms. The largest absolute Gasteiger partial charge is 0.366 e. The Morgan fingerprint density at radius 1 is 0.588 bits per heavy atom. The van der Waals surface area contributed by atoms with Gasteiger partial charge in [-0.1, -0.05) is 65.2 Å². The predicted molar refractivity (Wildman–Crippen MR) is 73.9 cm³/mol. The highest BCUT2D eigenvalue weighted by Gasteiger charge is 2.20. The number of hydrogen-bond acceptors (Lipinski definition) is 2. The predicted octanol–water partition coefficient (Wildman–Crippen LogP) is 4.39. The molecule has 0 unspecified atom stereocenters. The third-order valence-corrected chi connectivity index (χ3v) is 3.36. The molecule has 0 aromatic rings. The van der Waals surface area contributed by atoms with Crippen LogP contribution < -0.4 is 0 Å². The zero-order valence-corrected chi connectivity index (χ0v) is 11.9. The maximum atomic E-state index is 9.74. The summed E-state index contributed by atoms with van der Waals surface area (Å²) in [5.74, 6) is -1.40. The highest BCUT2D eigenvalue weighted by atomic mass is 16.5. The zero-order chi connectivity index (χ0) is 13.0. The normalized spacial score (nSPS) is 12.0. The van der Waals surface area contributed by atoms with Gasteiger partial charge in [0.25, 0.3) is 0 Å². The van der Waals surface area contributed by atoms with Crippen LogP contribution in [-0.4, -0.2) is 16.0 Å². The molecule has 0 spiro atoms. The molecule has 0 aliphatic rings. The lowest BCUT2D eigenvalue weighted by atomic mass is 10.00. The van der Waals surface area contributed by atoms with E-state index in [-0.39, 0.29) is 0 Å². The molecule has 0 saturated heterocycles. The van der Waals surface area contributed by atoms with Gasteiger partial charge in [-0.05, 0) is 12.8 Å². The van der Waals surface area contributed by atoms with Crippen molar-refractivity contribution >= 4 is 0 Å². The average molecular weight is 244 g/mol. The SMILES string of the molecule is CCCCCCCCCC(O)(O)CCCCC.